The van der Waals surface area contributed by atoms with Gasteiger partial charge in [-0.2, -0.15) is 0 Å². The lowest BCUT2D eigenvalue weighted by Crippen LogP contribution is -2.37. The Hall–Kier alpha value is -2.09. The van der Waals surface area contributed by atoms with E-state index in [1.54, 1.807) is 20.0 Å². The molecule has 8 heteroatoms. The van der Waals surface area contributed by atoms with E-state index in [2.05, 4.69) is 4.98 Å². The molecule has 7 nitrogen and oxygen atoms in total. The number of carbonyl (C=O) groups is 1. The molecule has 2 heterocycles. The number of thioether (sulfide) groups is 1. The van der Waals surface area contributed by atoms with E-state index < -0.39 is 16.5 Å². The van der Waals surface area contributed by atoms with Gasteiger partial charge in [0, 0.05) is 25.2 Å². The first kappa shape index (κ1) is 17.3. The van der Waals surface area contributed by atoms with Crippen LogP contribution in [0.4, 0.5) is 0 Å². The van der Waals surface area contributed by atoms with Crippen molar-refractivity contribution in [2.24, 2.45) is 14.1 Å². The van der Waals surface area contributed by atoms with Crippen LogP contribution in [0.2, 0.25) is 0 Å². The summed E-state index contributed by atoms with van der Waals surface area (Å²) < 4.78 is 7.43. The standard InChI is InChI=1S/C15H19N3O4S/c1-5-9(14(20)22-6-2)23-10-7-8-16-12-11(10)13(19)18(4)15(21)17(12)3/h7-9H,5-6H2,1-4H3/t9-/m1/s1. The Morgan fingerprint density at radius 1 is 1.30 bits per heavy atom. The van der Waals surface area contributed by atoms with Crippen LogP contribution in [0.3, 0.4) is 0 Å². The molecule has 23 heavy (non-hydrogen) atoms. The Balaban J connectivity index is 2.60. The van der Waals surface area contributed by atoms with Gasteiger partial charge in [-0.1, -0.05) is 6.92 Å². The number of carbonyl (C=O) groups excluding carboxylic acids is 1. The summed E-state index contributed by atoms with van der Waals surface area (Å²) >= 11 is 1.26. The van der Waals surface area contributed by atoms with E-state index in [0.717, 1.165) is 4.57 Å². The Morgan fingerprint density at radius 2 is 2.00 bits per heavy atom. The van der Waals surface area contributed by atoms with E-state index in [9.17, 15) is 14.4 Å². The van der Waals surface area contributed by atoms with E-state index in [4.69, 9.17) is 4.74 Å². The summed E-state index contributed by atoms with van der Waals surface area (Å²) in [7, 11) is 2.99. The van der Waals surface area contributed by atoms with Gasteiger partial charge >= 0.3 is 11.7 Å². The van der Waals surface area contributed by atoms with Gasteiger partial charge in [0.1, 0.15) is 10.9 Å². The minimum atomic E-state index is -0.436. The Bertz CT molecular complexity index is 856. The Kier molecular flexibility index (Phi) is 5.25. The van der Waals surface area contributed by atoms with Crippen molar-refractivity contribution in [1.29, 1.82) is 0 Å². The second-order valence-corrected chi connectivity index (χ2v) is 6.22. The molecule has 0 saturated carbocycles. The second kappa shape index (κ2) is 6.99. The number of rotatable bonds is 5. The molecule has 2 rings (SSSR count). The van der Waals surface area contributed by atoms with Gasteiger partial charge in [-0.15, -0.1) is 11.8 Å². The minimum absolute atomic E-state index is 0.307. The Morgan fingerprint density at radius 3 is 2.61 bits per heavy atom. The van der Waals surface area contributed by atoms with Gasteiger partial charge in [0.05, 0.1) is 12.0 Å². The summed E-state index contributed by atoms with van der Waals surface area (Å²) in [6, 6.07) is 1.68. The number of hydrogen-bond donors (Lipinski definition) is 0. The third kappa shape index (κ3) is 3.17. The topological polar surface area (TPSA) is 83.2 Å². The molecule has 0 bridgehead atoms. The lowest BCUT2D eigenvalue weighted by atomic mass is 10.3. The summed E-state index contributed by atoms with van der Waals surface area (Å²) in [5.41, 5.74) is -0.547. The Labute approximate surface area is 137 Å². The van der Waals surface area contributed by atoms with Crippen molar-refractivity contribution in [1.82, 2.24) is 14.1 Å². The van der Waals surface area contributed by atoms with Crippen LogP contribution >= 0.6 is 11.8 Å². The summed E-state index contributed by atoms with van der Waals surface area (Å²) in [6.45, 7) is 3.94. The van der Waals surface area contributed by atoms with Crippen LogP contribution < -0.4 is 11.2 Å². The van der Waals surface area contributed by atoms with Gasteiger partial charge in [0.15, 0.2) is 0 Å². The van der Waals surface area contributed by atoms with Crippen molar-refractivity contribution in [2.45, 2.75) is 30.4 Å². The average molecular weight is 337 g/mol. The molecule has 0 aromatic carbocycles. The molecule has 124 valence electrons. The van der Waals surface area contributed by atoms with Crippen LogP contribution in [0.5, 0.6) is 0 Å². The van der Waals surface area contributed by atoms with Gasteiger partial charge in [-0.3, -0.25) is 18.7 Å². The predicted octanol–water partition coefficient (Wildman–Crippen LogP) is 1.07. The third-order valence-electron chi connectivity index (χ3n) is 3.49. The molecule has 2 aromatic heterocycles. The van der Waals surface area contributed by atoms with Crippen molar-refractivity contribution in [3.05, 3.63) is 33.1 Å². The van der Waals surface area contributed by atoms with E-state index in [1.807, 2.05) is 6.92 Å². The molecule has 2 aromatic rings. The zero-order valence-corrected chi connectivity index (χ0v) is 14.3. The molecule has 0 saturated heterocycles. The summed E-state index contributed by atoms with van der Waals surface area (Å²) in [4.78, 5) is 41.2. The molecule has 0 amide bonds. The van der Waals surface area contributed by atoms with Crippen molar-refractivity contribution in [2.75, 3.05) is 6.61 Å². The number of pyridine rings is 1. The zero-order valence-electron chi connectivity index (χ0n) is 13.5. The fraction of sp³-hybridized carbons (Fsp3) is 0.467. The SMILES string of the molecule is CCOC(=O)[C@@H](CC)Sc1ccnc2c1c(=O)n(C)c(=O)n2C. The second-order valence-electron chi connectivity index (χ2n) is 4.98. The van der Waals surface area contributed by atoms with Crippen LogP contribution in [0.25, 0.3) is 11.0 Å². The highest BCUT2D eigenvalue weighted by molar-refractivity contribution is 8.00. The number of aromatic nitrogens is 3. The summed E-state index contributed by atoms with van der Waals surface area (Å²) in [6.07, 6.45) is 2.10. The highest BCUT2D eigenvalue weighted by Gasteiger charge is 2.22. The number of ether oxygens (including phenoxy) is 1. The highest BCUT2D eigenvalue weighted by atomic mass is 32.2. The van der Waals surface area contributed by atoms with Crippen molar-refractivity contribution < 1.29 is 9.53 Å². The van der Waals surface area contributed by atoms with Crippen LogP contribution in [0.1, 0.15) is 20.3 Å². The fourth-order valence-electron chi connectivity index (χ4n) is 2.24. The van der Waals surface area contributed by atoms with Gasteiger partial charge in [-0.25, -0.2) is 9.78 Å². The quantitative estimate of drug-likeness (QED) is 0.599. The van der Waals surface area contributed by atoms with Crippen LogP contribution in [-0.2, 0) is 23.6 Å². The smallest absolute Gasteiger partial charge is 0.332 e. The summed E-state index contributed by atoms with van der Waals surface area (Å²) in [5.74, 6) is -0.313. The average Bonchev–Trinajstić information content (AvgIpc) is 2.55. The fourth-order valence-corrected chi connectivity index (χ4v) is 3.32. The van der Waals surface area contributed by atoms with E-state index in [1.165, 1.54) is 29.6 Å². The minimum Gasteiger partial charge on any atom is -0.465 e. The van der Waals surface area contributed by atoms with Crippen molar-refractivity contribution in [3.63, 3.8) is 0 Å². The maximum atomic E-state index is 12.5. The molecule has 0 aliphatic carbocycles. The highest BCUT2D eigenvalue weighted by Crippen LogP contribution is 2.29. The lowest BCUT2D eigenvalue weighted by molar-refractivity contribution is -0.142. The zero-order chi connectivity index (χ0) is 17.1. The lowest BCUT2D eigenvalue weighted by Gasteiger charge is -2.15. The molecule has 1 atom stereocenters. The number of fused-ring (bicyclic) bond motifs is 1. The molecule has 0 spiro atoms. The third-order valence-corrected chi connectivity index (χ3v) is 4.90. The first-order valence-corrected chi connectivity index (χ1v) is 8.18. The van der Waals surface area contributed by atoms with E-state index in [0.29, 0.717) is 29.0 Å². The van der Waals surface area contributed by atoms with Gasteiger partial charge in [0.25, 0.3) is 5.56 Å². The molecule has 0 aliphatic rings. The van der Waals surface area contributed by atoms with E-state index in [-0.39, 0.29) is 5.97 Å². The first-order valence-electron chi connectivity index (χ1n) is 7.30. The van der Waals surface area contributed by atoms with E-state index >= 15 is 0 Å². The number of aryl methyl sites for hydroxylation is 1. The van der Waals surface area contributed by atoms with Crippen LogP contribution in [-0.4, -0.2) is 31.9 Å². The van der Waals surface area contributed by atoms with Crippen molar-refractivity contribution >= 4 is 28.8 Å². The molecule has 0 unspecified atom stereocenters. The molecule has 0 N–H and O–H groups in total. The molecule has 0 fully saturated rings. The van der Waals surface area contributed by atoms with Gasteiger partial charge < -0.3 is 4.74 Å². The predicted molar refractivity (Wildman–Crippen MR) is 88.8 cm³/mol. The molecule has 0 aliphatic heterocycles. The van der Waals surface area contributed by atoms with Gasteiger partial charge in [0.2, 0.25) is 0 Å². The number of nitrogens with zero attached hydrogens (tertiary/aromatic N) is 3. The largest absolute Gasteiger partial charge is 0.465 e. The summed E-state index contributed by atoms with van der Waals surface area (Å²) in [5, 5.41) is -0.0765. The van der Waals surface area contributed by atoms with Gasteiger partial charge in [-0.05, 0) is 19.4 Å². The molecular weight excluding hydrogens is 318 g/mol. The van der Waals surface area contributed by atoms with Crippen molar-refractivity contribution in [3.8, 4) is 0 Å². The van der Waals surface area contributed by atoms with Crippen LogP contribution in [0, 0.1) is 0 Å². The first-order chi connectivity index (χ1) is 10.9. The molecule has 0 radical (unpaired) electrons. The maximum Gasteiger partial charge on any atom is 0.332 e. The monoisotopic (exact) mass is 337 g/mol. The normalized spacial score (nSPS) is 12.3. The van der Waals surface area contributed by atoms with Crippen LogP contribution in [0.15, 0.2) is 26.7 Å². The number of esters is 1. The maximum absolute atomic E-state index is 12.5. The molecular formula is C15H19N3O4S. The number of hydrogen-bond acceptors (Lipinski definition) is 6.